The highest BCUT2D eigenvalue weighted by molar-refractivity contribution is 5.70. The molecule has 0 radical (unpaired) electrons. The van der Waals surface area contributed by atoms with Crippen molar-refractivity contribution < 1.29 is 14.3 Å². The Balaban J connectivity index is 2.02. The average molecular weight is 214 g/mol. The van der Waals surface area contributed by atoms with Gasteiger partial charge in [0.15, 0.2) is 0 Å². The Hall–Kier alpha value is -0.570. The van der Waals surface area contributed by atoms with Crippen molar-refractivity contribution in [3.8, 4) is 0 Å². The molecule has 1 saturated carbocycles. The minimum atomic E-state index is -0.249. The number of hydrogen-bond donors (Lipinski definition) is 0. The predicted octanol–water partition coefficient (Wildman–Crippen LogP) is 2.53. The van der Waals surface area contributed by atoms with Crippen molar-refractivity contribution in [3.05, 3.63) is 0 Å². The smallest absolute Gasteiger partial charge is 0.332 e. The third-order valence-corrected chi connectivity index (χ3v) is 2.67. The lowest BCUT2D eigenvalue weighted by molar-refractivity contribution is -0.153. The molecule has 3 heteroatoms. The Labute approximate surface area is 92.1 Å². The molecule has 1 aliphatic carbocycles. The molecule has 0 saturated heterocycles. The van der Waals surface area contributed by atoms with E-state index < -0.39 is 0 Å². The van der Waals surface area contributed by atoms with Gasteiger partial charge in [-0.15, -0.1) is 0 Å². The number of ether oxygens (including phenoxy) is 2. The third kappa shape index (κ3) is 5.78. The second-order valence-electron chi connectivity index (χ2n) is 4.56. The fourth-order valence-corrected chi connectivity index (χ4v) is 1.96. The van der Waals surface area contributed by atoms with Gasteiger partial charge in [-0.3, -0.25) is 0 Å². The van der Waals surface area contributed by atoms with E-state index in [2.05, 4.69) is 0 Å². The molecule has 3 nitrogen and oxygen atoms in total. The molecule has 0 unspecified atom stereocenters. The zero-order valence-electron chi connectivity index (χ0n) is 9.83. The van der Waals surface area contributed by atoms with Crippen LogP contribution in [0.4, 0.5) is 0 Å². The summed E-state index contributed by atoms with van der Waals surface area (Å²) in [5.41, 5.74) is 0. The summed E-state index contributed by atoms with van der Waals surface area (Å²) in [5.74, 6) is 0.409. The van der Waals surface area contributed by atoms with Gasteiger partial charge in [0.1, 0.15) is 6.61 Å². The van der Waals surface area contributed by atoms with E-state index in [1.54, 1.807) is 0 Å². The van der Waals surface area contributed by atoms with E-state index in [0.29, 0.717) is 12.5 Å². The first kappa shape index (κ1) is 12.5. The Morgan fingerprint density at radius 3 is 2.53 bits per heavy atom. The molecule has 0 atom stereocenters. The van der Waals surface area contributed by atoms with Crippen molar-refractivity contribution in [1.82, 2.24) is 0 Å². The summed E-state index contributed by atoms with van der Waals surface area (Å²) in [6, 6.07) is 0. The van der Waals surface area contributed by atoms with Gasteiger partial charge in [0, 0.05) is 0 Å². The van der Waals surface area contributed by atoms with E-state index in [9.17, 15) is 4.79 Å². The van der Waals surface area contributed by atoms with Crippen LogP contribution >= 0.6 is 0 Å². The van der Waals surface area contributed by atoms with Gasteiger partial charge in [0.2, 0.25) is 0 Å². The molecule has 0 spiro atoms. The molecule has 1 rings (SSSR count). The van der Waals surface area contributed by atoms with Gasteiger partial charge in [-0.25, -0.2) is 4.79 Å². The summed E-state index contributed by atoms with van der Waals surface area (Å²) >= 11 is 0. The van der Waals surface area contributed by atoms with Crippen LogP contribution in [0.3, 0.4) is 0 Å². The normalized spacial score (nSPS) is 18.1. The Bertz CT molecular complexity index is 183. The minimum absolute atomic E-state index is 0.0456. The van der Waals surface area contributed by atoms with Crippen LogP contribution in [0.1, 0.15) is 46.0 Å². The summed E-state index contributed by atoms with van der Waals surface area (Å²) < 4.78 is 10.3. The molecule has 0 aromatic heterocycles. The molecule has 1 aliphatic rings. The number of rotatable bonds is 5. The molecule has 0 N–H and O–H groups in total. The topological polar surface area (TPSA) is 35.5 Å². The van der Waals surface area contributed by atoms with Crippen LogP contribution in [0.15, 0.2) is 0 Å². The molecule has 1 fully saturated rings. The summed E-state index contributed by atoms with van der Waals surface area (Å²) in [6.07, 6.45) is 6.43. The van der Waals surface area contributed by atoms with Crippen LogP contribution in [-0.2, 0) is 14.3 Å². The molecule has 0 heterocycles. The molecule has 0 bridgehead atoms. The Morgan fingerprint density at radius 1 is 1.27 bits per heavy atom. The average Bonchev–Trinajstić information content (AvgIpc) is 2.18. The summed E-state index contributed by atoms with van der Waals surface area (Å²) in [7, 11) is 0. The third-order valence-electron chi connectivity index (χ3n) is 2.67. The van der Waals surface area contributed by atoms with E-state index in [-0.39, 0.29) is 18.7 Å². The molecule has 15 heavy (non-hydrogen) atoms. The van der Waals surface area contributed by atoms with Gasteiger partial charge in [-0.05, 0) is 32.6 Å². The number of carbonyl (C=O) groups excluding carboxylic acids is 1. The highest BCUT2D eigenvalue weighted by Gasteiger charge is 2.14. The monoisotopic (exact) mass is 214 g/mol. The molecule has 0 amide bonds. The number of carbonyl (C=O) groups is 1. The van der Waals surface area contributed by atoms with Crippen molar-refractivity contribution in [2.45, 2.75) is 52.1 Å². The van der Waals surface area contributed by atoms with E-state index in [1.807, 2.05) is 13.8 Å². The van der Waals surface area contributed by atoms with Gasteiger partial charge >= 0.3 is 5.97 Å². The second kappa shape index (κ2) is 6.83. The highest BCUT2D eigenvalue weighted by atomic mass is 16.6. The first-order valence-corrected chi connectivity index (χ1v) is 5.95. The lowest BCUT2D eigenvalue weighted by Crippen LogP contribution is -2.20. The lowest BCUT2D eigenvalue weighted by Gasteiger charge is -2.21. The van der Waals surface area contributed by atoms with Gasteiger partial charge in [0.05, 0.1) is 12.7 Å². The van der Waals surface area contributed by atoms with Crippen LogP contribution in [0.2, 0.25) is 0 Å². The predicted molar refractivity (Wildman–Crippen MR) is 58.6 cm³/mol. The van der Waals surface area contributed by atoms with Gasteiger partial charge in [0.25, 0.3) is 0 Å². The van der Waals surface area contributed by atoms with Crippen LogP contribution in [-0.4, -0.2) is 25.3 Å². The first-order valence-electron chi connectivity index (χ1n) is 5.95. The molecule has 0 aromatic carbocycles. The Kier molecular flexibility index (Phi) is 5.69. The summed E-state index contributed by atoms with van der Waals surface area (Å²) in [6.45, 7) is 4.51. The van der Waals surface area contributed by atoms with Gasteiger partial charge in [-0.1, -0.05) is 19.3 Å². The van der Waals surface area contributed by atoms with E-state index >= 15 is 0 Å². The van der Waals surface area contributed by atoms with Crippen molar-refractivity contribution in [2.75, 3.05) is 13.2 Å². The first-order chi connectivity index (χ1) is 7.18. The number of esters is 1. The van der Waals surface area contributed by atoms with Crippen LogP contribution in [0.25, 0.3) is 0 Å². The van der Waals surface area contributed by atoms with Gasteiger partial charge < -0.3 is 9.47 Å². The molecular weight excluding hydrogens is 192 g/mol. The molecule has 0 aliphatic heterocycles. The van der Waals surface area contributed by atoms with Crippen molar-refractivity contribution in [3.63, 3.8) is 0 Å². The van der Waals surface area contributed by atoms with Crippen LogP contribution in [0.5, 0.6) is 0 Å². The van der Waals surface area contributed by atoms with Crippen molar-refractivity contribution in [2.24, 2.45) is 5.92 Å². The fraction of sp³-hybridized carbons (Fsp3) is 0.917. The summed E-state index contributed by atoms with van der Waals surface area (Å²) in [4.78, 5) is 11.1. The quantitative estimate of drug-likeness (QED) is 0.660. The lowest BCUT2D eigenvalue weighted by atomic mass is 9.90. The maximum Gasteiger partial charge on any atom is 0.332 e. The largest absolute Gasteiger partial charge is 0.461 e. The molecule has 88 valence electrons. The molecular formula is C12H22O3. The van der Waals surface area contributed by atoms with E-state index in [1.165, 1.54) is 32.1 Å². The van der Waals surface area contributed by atoms with Crippen molar-refractivity contribution >= 4 is 5.97 Å². The SMILES string of the molecule is CC(C)OC(=O)COCC1CCCCC1. The van der Waals surface area contributed by atoms with E-state index in [0.717, 1.165) is 0 Å². The molecule has 0 aromatic rings. The van der Waals surface area contributed by atoms with Gasteiger partial charge in [-0.2, -0.15) is 0 Å². The zero-order valence-corrected chi connectivity index (χ0v) is 9.83. The van der Waals surface area contributed by atoms with Crippen LogP contribution < -0.4 is 0 Å². The second-order valence-corrected chi connectivity index (χ2v) is 4.56. The fourth-order valence-electron chi connectivity index (χ4n) is 1.96. The number of hydrogen-bond acceptors (Lipinski definition) is 3. The Morgan fingerprint density at radius 2 is 1.93 bits per heavy atom. The maximum atomic E-state index is 11.1. The van der Waals surface area contributed by atoms with Crippen molar-refractivity contribution in [1.29, 1.82) is 0 Å². The maximum absolute atomic E-state index is 11.1. The van der Waals surface area contributed by atoms with E-state index in [4.69, 9.17) is 9.47 Å². The standard InChI is InChI=1S/C12H22O3/c1-10(2)15-12(13)9-14-8-11-6-4-3-5-7-11/h10-11H,3-9H2,1-2H3. The summed E-state index contributed by atoms with van der Waals surface area (Å²) in [5, 5.41) is 0. The highest BCUT2D eigenvalue weighted by Crippen LogP contribution is 2.23. The zero-order chi connectivity index (χ0) is 11.1. The minimum Gasteiger partial charge on any atom is -0.461 e. The van der Waals surface area contributed by atoms with Crippen LogP contribution in [0, 0.1) is 5.92 Å².